The van der Waals surface area contributed by atoms with Gasteiger partial charge in [-0.2, -0.15) is 0 Å². The summed E-state index contributed by atoms with van der Waals surface area (Å²) < 4.78 is 18.5. The summed E-state index contributed by atoms with van der Waals surface area (Å²) in [6.07, 6.45) is 3.85. The monoisotopic (exact) mass is 708 g/mol. The number of esters is 1. The number of imidazole rings is 1. The molecule has 12 nitrogen and oxygen atoms in total. The first-order valence-electron chi connectivity index (χ1n) is 15.5. The molecule has 2 unspecified atom stereocenters. The molecule has 2 N–H and O–H groups in total. The van der Waals surface area contributed by atoms with Crippen molar-refractivity contribution in [2.24, 2.45) is 0 Å². The number of fused-ring (bicyclic) bond motifs is 1. The minimum absolute atomic E-state index is 0.0244. The van der Waals surface area contributed by atoms with Gasteiger partial charge in [0.15, 0.2) is 5.82 Å². The van der Waals surface area contributed by atoms with Gasteiger partial charge >= 0.3 is 12.1 Å². The van der Waals surface area contributed by atoms with Gasteiger partial charge < -0.3 is 34.4 Å². The van der Waals surface area contributed by atoms with E-state index in [2.05, 4.69) is 40.1 Å². The molecule has 2 aromatic heterocycles. The quantitative estimate of drug-likeness (QED) is 0.165. The van der Waals surface area contributed by atoms with E-state index in [0.717, 1.165) is 28.2 Å². The van der Waals surface area contributed by atoms with Crippen LogP contribution in [0.25, 0.3) is 5.52 Å². The highest BCUT2D eigenvalue weighted by Crippen LogP contribution is 2.36. The van der Waals surface area contributed by atoms with Crippen LogP contribution in [-0.2, 0) is 16.1 Å². The number of hydrogen-bond donors (Lipinski definition) is 2. The molecule has 13 heteroatoms. The summed E-state index contributed by atoms with van der Waals surface area (Å²) in [5.74, 6) is 2.46. The van der Waals surface area contributed by atoms with Crippen LogP contribution < -0.4 is 19.7 Å². The van der Waals surface area contributed by atoms with Crippen molar-refractivity contribution in [3.63, 3.8) is 0 Å². The number of amides is 1. The van der Waals surface area contributed by atoms with E-state index < -0.39 is 6.09 Å². The zero-order valence-corrected chi connectivity index (χ0v) is 28.9. The number of nitrogens with zero attached hydrogens (tertiary/aromatic N) is 5. The SMILES string of the molecule is COC(=O)CN(CC1CCC(c2nc(Br)c3c(NCc4ccc(OC)cc4OC)nccn23)CN1C(=O)O)c1ccccc1C(C)C. The number of hydrogen-bond acceptors (Lipinski definition) is 9. The molecule has 0 saturated carbocycles. The first-order chi connectivity index (χ1) is 22.6. The Morgan fingerprint density at radius 2 is 1.91 bits per heavy atom. The Bertz CT molecular complexity index is 1730. The van der Waals surface area contributed by atoms with E-state index in [1.54, 1.807) is 20.4 Å². The number of methoxy groups -OCH3 is 3. The van der Waals surface area contributed by atoms with Crippen molar-refractivity contribution in [1.82, 2.24) is 19.3 Å². The molecule has 1 fully saturated rings. The lowest BCUT2D eigenvalue weighted by atomic mass is 9.91. The number of para-hydroxylation sites is 1. The number of rotatable bonds is 12. The van der Waals surface area contributed by atoms with Crippen molar-refractivity contribution in [2.45, 2.75) is 51.1 Å². The van der Waals surface area contributed by atoms with Gasteiger partial charge in [0.25, 0.3) is 0 Å². The first kappa shape index (κ1) is 33.8. The molecule has 250 valence electrons. The zero-order chi connectivity index (χ0) is 33.7. The molecule has 2 atom stereocenters. The zero-order valence-electron chi connectivity index (χ0n) is 27.3. The van der Waals surface area contributed by atoms with Crippen LogP contribution in [0, 0.1) is 0 Å². The number of benzene rings is 2. The van der Waals surface area contributed by atoms with E-state index in [4.69, 9.17) is 19.2 Å². The maximum absolute atomic E-state index is 12.7. The van der Waals surface area contributed by atoms with Crippen molar-refractivity contribution >= 4 is 45.0 Å². The van der Waals surface area contributed by atoms with E-state index in [0.29, 0.717) is 47.9 Å². The van der Waals surface area contributed by atoms with E-state index in [9.17, 15) is 14.7 Å². The molecule has 2 aromatic carbocycles. The summed E-state index contributed by atoms with van der Waals surface area (Å²) in [7, 11) is 4.59. The van der Waals surface area contributed by atoms with Gasteiger partial charge in [0, 0.05) is 55.3 Å². The number of piperidine rings is 1. The third kappa shape index (κ3) is 7.40. The molecule has 0 spiro atoms. The second-order valence-electron chi connectivity index (χ2n) is 11.8. The number of halogens is 1. The van der Waals surface area contributed by atoms with Gasteiger partial charge in [-0.15, -0.1) is 0 Å². The van der Waals surface area contributed by atoms with Gasteiger partial charge in [-0.25, -0.2) is 14.8 Å². The van der Waals surface area contributed by atoms with Crippen molar-refractivity contribution in [3.05, 3.63) is 76.4 Å². The average molecular weight is 710 g/mol. The predicted molar refractivity (Wildman–Crippen MR) is 183 cm³/mol. The maximum atomic E-state index is 12.7. The lowest BCUT2D eigenvalue weighted by molar-refractivity contribution is -0.139. The highest BCUT2D eigenvalue weighted by atomic mass is 79.9. The second kappa shape index (κ2) is 14.9. The molecule has 47 heavy (non-hydrogen) atoms. The molecule has 5 rings (SSSR count). The van der Waals surface area contributed by atoms with Crippen LogP contribution in [0.1, 0.15) is 55.5 Å². The predicted octanol–water partition coefficient (Wildman–Crippen LogP) is 6.15. The van der Waals surface area contributed by atoms with Crippen LogP contribution in [0.3, 0.4) is 0 Å². The molecule has 4 aromatic rings. The Morgan fingerprint density at radius 3 is 2.62 bits per heavy atom. The van der Waals surface area contributed by atoms with Crippen LogP contribution in [0.5, 0.6) is 11.5 Å². The number of carbonyl (C=O) groups is 2. The van der Waals surface area contributed by atoms with Crippen LogP contribution in [0.15, 0.2) is 59.5 Å². The highest BCUT2D eigenvalue weighted by molar-refractivity contribution is 9.10. The number of nitrogens with one attached hydrogen (secondary N) is 1. The average Bonchev–Trinajstić information content (AvgIpc) is 3.43. The lowest BCUT2D eigenvalue weighted by Gasteiger charge is -2.40. The maximum Gasteiger partial charge on any atom is 0.407 e. The molecule has 0 aliphatic carbocycles. The third-order valence-electron chi connectivity index (χ3n) is 8.68. The Morgan fingerprint density at radius 1 is 1.13 bits per heavy atom. The number of anilines is 2. The Labute approximate surface area is 282 Å². The standard InChI is InChI=1S/C34H41BrN6O6/c1-21(2)26-8-6-7-9-27(26)39(20-29(42)47-5)19-24-12-10-23(18-41(24)34(43)44)33-38-31(35)30-32(36-14-15-40(30)33)37-17-22-11-13-25(45-3)16-28(22)46-4/h6-9,11,13-16,21,23-24H,10,12,17-20H2,1-5H3,(H,36,37)(H,43,44). The molecule has 3 heterocycles. The molecular weight excluding hydrogens is 668 g/mol. The molecule has 1 aliphatic heterocycles. The summed E-state index contributed by atoms with van der Waals surface area (Å²) >= 11 is 3.64. The Balaban J connectivity index is 1.38. The molecule has 1 saturated heterocycles. The topological polar surface area (TPSA) is 131 Å². The van der Waals surface area contributed by atoms with Crippen LogP contribution in [-0.4, -0.2) is 83.4 Å². The summed E-state index contributed by atoms with van der Waals surface area (Å²) in [6.45, 7) is 5.30. The largest absolute Gasteiger partial charge is 0.497 e. The van der Waals surface area contributed by atoms with Gasteiger partial charge in [0.1, 0.15) is 34.0 Å². The van der Waals surface area contributed by atoms with Crippen LogP contribution in [0.2, 0.25) is 0 Å². The van der Waals surface area contributed by atoms with Crippen LogP contribution >= 0.6 is 15.9 Å². The van der Waals surface area contributed by atoms with Crippen LogP contribution in [0.4, 0.5) is 16.3 Å². The summed E-state index contributed by atoms with van der Waals surface area (Å²) in [6, 6.07) is 13.3. The molecule has 0 bridgehead atoms. The van der Waals surface area contributed by atoms with E-state index in [1.165, 1.54) is 12.0 Å². The van der Waals surface area contributed by atoms with E-state index in [-0.39, 0.29) is 36.9 Å². The van der Waals surface area contributed by atoms with Gasteiger partial charge in [0.05, 0.1) is 27.4 Å². The number of likely N-dealkylation sites (tertiary alicyclic amines) is 1. The van der Waals surface area contributed by atoms with Gasteiger partial charge in [0.2, 0.25) is 0 Å². The van der Waals surface area contributed by atoms with E-state index in [1.807, 2.05) is 58.0 Å². The summed E-state index contributed by atoms with van der Waals surface area (Å²) in [5.41, 5.74) is 3.68. The summed E-state index contributed by atoms with van der Waals surface area (Å²) in [4.78, 5) is 38.1. The summed E-state index contributed by atoms with van der Waals surface area (Å²) in [5, 5.41) is 13.8. The minimum Gasteiger partial charge on any atom is -0.497 e. The van der Waals surface area contributed by atoms with Gasteiger partial charge in [-0.1, -0.05) is 32.0 Å². The second-order valence-corrected chi connectivity index (χ2v) is 12.6. The lowest BCUT2D eigenvalue weighted by Crippen LogP contribution is -2.52. The third-order valence-corrected chi connectivity index (χ3v) is 9.23. The first-order valence-corrected chi connectivity index (χ1v) is 16.3. The van der Waals surface area contributed by atoms with Crippen molar-refractivity contribution in [3.8, 4) is 11.5 Å². The number of aromatic nitrogens is 3. The molecular formula is C34H41BrN6O6. The van der Waals surface area contributed by atoms with Gasteiger partial charge in [-0.3, -0.25) is 9.20 Å². The van der Waals surface area contributed by atoms with Crippen molar-refractivity contribution in [1.29, 1.82) is 0 Å². The van der Waals surface area contributed by atoms with Crippen molar-refractivity contribution in [2.75, 3.05) is 51.2 Å². The molecule has 0 radical (unpaired) electrons. The fraction of sp³-hybridized carbons (Fsp3) is 0.412. The number of carbonyl (C=O) groups excluding carboxylic acids is 1. The number of carboxylic acid groups (broad SMARTS) is 1. The molecule has 1 aliphatic rings. The number of ether oxygens (including phenoxy) is 3. The fourth-order valence-corrected chi connectivity index (χ4v) is 6.82. The smallest absolute Gasteiger partial charge is 0.407 e. The van der Waals surface area contributed by atoms with E-state index >= 15 is 0 Å². The Kier molecular flexibility index (Phi) is 10.7. The highest BCUT2D eigenvalue weighted by Gasteiger charge is 2.36. The molecule has 1 amide bonds. The van der Waals surface area contributed by atoms with Crippen molar-refractivity contribution < 1.29 is 28.9 Å². The Hall–Kier alpha value is -4.52. The fourth-order valence-electron chi connectivity index (χ4n) is 6.26. The normalized spacial score (nSPS) is 16.3. The van der Waals surface area contributed by atoms with Gasteiger partial charge in [-0.05, 0) is 58.5 Å². The minimum atomic E-state index is -1.01.